The molecule has 1 aliphatic rings. The van der Waals surface area contributed by atoms with Crippen molar-refractivity contribution >= 4 is 15.9 Å². The molecular formula is C14H19FN2O3S. The lowest BCUT2D eigenvalue weighted by molar-refractivity contribution is 0.0943. The molecule has 21 heavy (non-hydrogen) atoms. The Balaban J connectivity index is 2.21. The van der Waals surface area contributed by atoms with Crippen LogP contribution in [-0.2, 0) is 10.0 Å². The van der Waals surface area contributed by atoms with Gasteiger partial charge in [0.2, 0.25) is 10.0 Å². The molecule has 5 nitrogen and oxygen atoms in total. The number of sulfonamides is 1. The Morgan fingerprint density at radius 2 is 2.00 bits per heavy atom. The lowest BCUT2D eigenvalue weighted by Gasteiger charge is -2.12. The van der Waals surface area contributed by atoms with E-state index < -0.39 is 21.7 Å². The van der Waals surface area contributed by atoms with Gasteiger partial charge in [-0.05, 0) is 43.4 Å². The summed E-state index contributed by atoms with van der Waals surface area (Å²) >= 11 is 0. The lowest BCUT2D eigenvalue weighted by Crippen LogP contribution is -2.29. The van der Waals surface area contributed by atoms with E-state index in [2.05, 4.69) is 5.32 Å². The zero-order chi connectivity index (χ0) is 15.6. The first-order chi connectivity index (χ1) is 9.79. The molecule has 1 fully saturated rings. The summed E-state index contributed by atoms with van der Waals surface area (Å²) < 4.78 is 36.7. The van der Waals surface area contributed by atoms with Crippen LogP contribution in [-0.4, -0.2) is 20.9 Å². The van der Waals surface area contributed by atoms with Crippen LogP contribution in [0.1, 0.15) is 41.6 Å². The highest BCUT2D eigenvalue weighted by Crippen LogP contribution is 2.24. The fourth-order valence-electron chi connectivity index (χ4n) is 2.61. The summed E-state index contributed by atoms with van der Waals surface area (Å²) in [7, 11) is -3.98. The Morgan fingerprint density at radius 3 is 2.57 bits per heavy atom. The van der Waals surface area contributed by atoms with Crippen LogP contribution in [0.2, 0.25) is 0 Å². The zero-order valence-corrected chi connectivity index (χ0v) is 12.7. The number of halogens is 1. The number of hydrogen-bond donors (Lipinski definition) is 2. The quantitative estimate of drug-likeness (QED) is 0.886. The average molecular weight is 314 g/mol. The first kappa shape index (κ1) is 15.9. The van der Waals surface area contributed by atoms with Gasteiger partial charge in [-0.1, -0.05) is 12.8 Å². The molecule has 116 valence electrons. The van der Waals surface area contributed by atoms with Crippen molar-refractivity contribution in [3.05, 3.63) is 29.1 Å². The minimum Gasteiger partial charge on any atom is -0.352 e. The van der Waals surface area contributed by atoms with Crippen molar-refractivity contribution in [1.82, 2.24) is 5.32 Å². The molecule has 0 radical (unpaired) electrons. The standard InChI is InChI=1S/C14H19FN2O3S/c1-9-6-11(21(16,19)20)7-12(13(9)15)14(18)17-8-10-4-2-3-5-10/h6-7,10H,2-5,8H2,1H3,(H,17,18)(H2,16,19,20). The summed E-state index contributed by atoms with van der Waals surface area (Å²) in [6.07, 6.45) is 4.40. The number of aryl methyl sites for hydroxylation is 1. The lowest BCUT2D eigenvalue weighted by atomic mass is 10.1. The Morgan fingerprint density at radius 1 is 1.38 bits per heavy atom. The molecule has 2 rings (SSSR count). The predicted octanol–water partition coefficient (Wildman–Crippen LogP) is 1.70. The van der Waals surface area contributed by atoms with Gasteiger partial charge < -0.3 is 5.32 Å². The van der Waals surface area contributed by atoms with Crippen LogP contribution in [0.5, 0.6) is 0 Å². The van der Waals surface area contributed by atoms with Gasteiger partial charge in [-0.15, -0.1) is 0 Å². The predicted molar refractivity (Wildman–Crippen MR) is 76.8 cm³/mol. The molecule has 0 unspecified atom stereocenters. The second-order valence-corrected chi connectivity index (χ2v) is 7.07. The van der Waals surface area contributed by atoms with Crippen molar-refractivity contribution in [2.45, 2.75) is 37.5 Å². The topological polar surface area (TPSA) is 89.3 Å². The zero-order valence-electron chi connectivity index (χ0n) is 11.9. The van der Waals surface area contributed by atoms with Gasteiger partial charge in [0.1, 0.15) is 5.82 Å². The minimum atomic E-state index is -3.98. The van der Waals surface area contributed by atoms with E-state index in [4.69, 9.17) is 5.14 Å². The van der Waals surface area contributed by atoms with E-state index in [0.717, 1.165) is 37.8 Å². The Hall–Kier alpha value is -1.47. The first-order valence-electron chi connectivity index (χ1n) is 6.90. The first-order valence-corrected chi connectivity index (χ1v) is 8.45. The van der Waals surface area contributed by atoms with Gasteiger partial charge in [0.15, 0.2) is 0 Å². The Labute approximate surface area is 123 Å². The molecule has 1 aromatic carbocycles. The molecular weight excluding hydrogens is 295 g/mol. The molecule has 3 N–H and O–H groups in total. The molecule has 0 atom stereocenters. The Bertz CT molecular complexity index is 652. The van der Waals surface area contributed by atoms with Gasteiger partial charge in [0.25, 0.3) is 5.91 Å². The normalized spacial score (nSPS) is 16.1. The molecule has 1 amide bonds. The van der Waals surface area contributed by atoms with Crippen molar-refractivity contribution in [2.75, 3.05) is 6.54 Å². The number of benzene rings is 1. The summed E-state index contributed by atoms with van der Waals surface area (Å²) in [4.78, 5) is 11.8. The van der Waals surface area contributed by atoms with Gasteiger partial charge in [0.05, 0.1) is 10.5 Å². The largest absolute Gasteiger partial charge is 0.352 e. The van der Waals surface area contributed by atoms with E-state index in [1.165, 1.54) is 6.92 Å². The molecule has 0 heterocycles. The Kier molecular flexibility index (Phi) is 4.63. The van der Waals surface area contributed by atoms with Crippen LogP contribution in [0, 0.1) is 18.7 Å². The maximum absolute atomic E-state index is 14.0. The highest BCUT2D eigenvalue weighted by atomic mass is 32.2. The highest BCUT2D eigenvalue weighted by Gasteiger charge is 2.21. The summed E-state index contributed by atoms with van der Waals surface area (Å²) in [6.45, 7) is 1.88. The number of rotatable bonds is 4. The fraction of sp³-hybridized carbons (Fsp3) is 0.500. The van der Waals surface area contributed by atoms with Gasteiger partial charge >= 0.3 is 0 Å². The number of hydrogen-bond acceptors (Lipinski definition) is 3. The number of carbonyl (C=O) groups excluding carboxylic acids is 1. The van der Waals surface area contributed by atoms with E-state index in [9.17, 15) is 17.6 Å². The number of carbonyl (C=O) groups is 1. The van der Waals surface area contributed by atoms with Crippen LogP contribution >= 0.6 is 0 Å². The summed E-state index contributed by atoms with van der Waals surface area (Å²) in [5, 5.41) is 7.71. The fourth-order valence-corrected chi connectivity index (χ4v) is 3.24. The summed E-state index contributed by atoms with van der Waals surface area (Å²) in [6, 6.07) is 2.11. The van der Waals surface area contributed by atoms with Crippen LogP contribution in [0.25, 0.3) is 0 Å². The summed E-state index contributed by atoms with van der Waals surface area (Å²) in [5.41, 5.74) is -0.204. The maximum Gasteiger partial charge on any atom is 0.254 e. The smallest absolute Gasteiger partial charge is 0.254 e. The van der Waals surface area contributed by atoms with Gasteiger partial charge in [-0.2, -0.15) is 0 Å². The molecule has 0 aromatic heterocycles. The van der Waals surface area contributed by atoms with Crippen molar-refractivity contribution in [3.63, 3.8) is 0 Å². The number of nitrogens with one attached hydrogen (secondary N) is 1. The maximum atomic E-state index is 14.0. The van der Waals surface area contributed by atoms with Gasteiger partial charge in [-0.25, -0.2) is 17.9 Å². The van der Waals surface area contributed by atoms with Crippen LogP contribution in [0.4, 0.5) is 4.39 Å². The van der Waals surface area contributed by atoms with Crippen LogP contribution in [0.3, 0.4) is 0 Å². The molecule has 1 saturated carbocycles. The van der Waals surface area contributed by atoms with E-state index >= 15 is 0 Å². The van der Waals surface area contributed by atoms with Crippen LogP contribution in [0.15, 0.2) is 17.0 Å². The van der Waals surface area contributed by atoms with E-state index in [0.29, 0.717) is 12.5 Å². The van der Waals surface area contributed by atoms with E-state index in [-0.39, 0.29) is 16.0 Å². The van der Waals surface area contributed by atoms with Crippen molar-refractivity contribution < 1.29 is 17.6 Å². The molecule has 1 aromatic rings. The average Bonchev–Trinajstić information content (AvgIpc) is 2.91. The van der Waals surface area contributed by atoms with Crippen LogP contribution < -0.4 is 10.5 Å². The van der Waals surface area contributed by atoms with Gasteiger partial charge in [0, 0.05) is 6.54 Å². The van der Waals surface area contributed by atoms with Crippen molar-refractivity contribution in [2.24, 2.45) is 11.1 Å². The number of amides is 1. The monoisotopic (exact) mass is 314 g/mol. The number of primary sulfonamides is 1. The van der Waals surface area contributed by atoms with Gasteiger partial charge in [-0.3, -0.25) is 4.79 Å². The molecule has 0 bridgehead atoms. The third kappa shape index (κ3) is 3.79. The molecule has 0 spiro atoms. The second kappa shape index (κ2) is 6.11. The van der Waals surface area contributed by atoms with Crippen molar-refractivity contribution in [1.29, 1.82) is 0 Å². The molecule has 0 aliphatic heterocycles. The van der Waals surface area contributed by atoms with E-state index in [1.807, 2.05) is 0 Å². The molecule has 0 saturated heterocycles. The third-order valence-electron chi connectivity index (χ3n) is 3.83. The highest BCUT2D eigenvalue weighted by molar-refractivity contribution is 7.89. The molecule has 7 heteroatoms. The second-order valence-electron chi connectivity index (χ2n) is 5.51. The van der Waals surface area contributed by atoms with Crippen molar-refractivity contribution in [3.8, 4) is 0 Å². The number of nitrogens with two attached hydrogens (primary N) is 1. The third-order valence-corrected chi connectivity index (χ3v) is 4.72. The SMILES string of the molecule is Cc1cc(S(N)(=O)=O)cc(C(=O)NCC2CCCC2)c1F. The minimum absolute atomic E-state index is 0.0764. The van der Waals surface area contributed by atoms with E-state index in [1.54, 1.807) is 0 Å². The molecule has 1 aliphatic carbocycles. The summed E-state index contributed by atoms with van der Waals surface area (Å²) in [5.74, 6) is -0.904.